The first kappa shape index (κ1) is 18.9. The largest absolute Gasteiger partial charge is 0.640 e. The number of hydrogen-bond acceptors (Lipinski definition) is 5. The van der Waals surface area contributed by atoms with E-state index in [0.717, 1.165) is 0 Å². The fraction of sp³-hybridized carbons (Fsp3) is 1.00. The Labute approximate surface area is 129 Å². The minimum Gasteiger partial charge on any atom is -0.416 e. The topological polar surface area (TPSA) is 46.2 Å². The van der Waals surface area contributed by atoms with Gasteiger partial charge in [-0.3, -0.25) is 0 Å². The molecule has 1 saturated heterocycles. The molecule has 0 unspecified atom stereocenters. The van der Waals surface area contributed by atoms with Gasteiger partial charge < -0.3 is 20.6 Å². The molecule has 1 rings (SSSR count). The summed E-state index contributed by atoms with van der Waals surface area (Å²) in [5, 5.41) is 0. The van der Waals surface area contributed by atoms with Gasteiger partial charge in [0.15, 0.2) is 16.6 Å². The molecule has 1 heterocycles. The fourth-order valence-electron chi connectivity index (χ4n) is 2.11. The van der Waals surface area contributed by atoms with Gasteiger partial charge in [-0.2, -0.15) is 0 Å². The van der Waals surface area contributed by atoms with Crippen molar-refractivity contribution in [3.05, 3.63) is 0 Å². The molecule has 0 atom stereocenters. The average molecular weight is 371 g/mol. The number of hydrogen-bond donors (Lipinski definition) is 0. The fourth-order valence-corrected chi connectivity index (χ4v) is 22.0. The second-order valence-corrected chi connectivity index (χ2v) is 27.2. The summed E-state index contributed by atoms with van der Waals surface area (Å²) in [5.74, 6) is 0. The van der Waals surface area contributed by atoms with Crippen LogP contribution < -0.4 is 0 Å². The van der Waals surface area contributed by atoms with Gasteiger partial charge in [0.2, 0.25) is 0 Å². The van der Waals surface area contributed by atoms with Crippen LogP contribution in [0.25, 0.3) is 0 Å². The zero-order chi connectivity index (χ0) is 16.0. The van der Waals surface area contributed by atoms with Gasteiger partial charge in [-0.05, 0) is 65.5 Å². The third-order valence-corrected chi connectivity index (χ3v) is 18.9. The molecule has 1 aliphatic heterocycles. The van der Waals surface area contributed by atoms with E-state index in [1.165, 1.54) is 0 Å². The SMILES string of the molecule is C[Si](C)(C)O[Si]1(O[Si](C)(C)C)O[Si](C)(C)O[Si](C)(C)O1. The van der Waals surface area contributed by atoms with E-state index in [0.29, 0.717) is 0 Å². The maximum Gasteiger partial charge on any atom is 0.640 e. The Hall–Kier alpha value is 0.884. The predicted molar refractivity (Wildman–Crippen MR) is 92.8 cm³/mol. The molecule has 1 aliphatic rings. The molecule has 1 fully saturated rings. The van der Waals surface area contributed by atoms with E-state index in [1.54, 1.807) is 0 Å². The number of rotatable bonds is 4. The van der Waals surface area contributed by atoms with Crippen molar-refractivity contribution in [2.75, 3.05) is 0 Å². The highest BCUT2D eigenvalue weighted by Crippen LogP contribution is 2.35. The molecule has 5 nitrogen and oxygen atoms in total. The second kappa shape index (κ2) is 5.51. The molecule has 0 spiro atoms. The molecule has 0 aromatic carbocycles. The highest BCUT2D eigenvalue weighted by molar-refractivity contribution is 6.94. The van der Waals surface area contributed by atoms with Gasteiger partial charge in [-0.25, -0.2) is 0 Å². The molecule has 0 bridgehead atoms. The van der Waals surface area contributed by atoms with Gasteiger partial charge in [-0.15, -0.1) is 0 Å². The van der Waals surface area contributed by atoms with Crippen molar-refractivity contribution in [3.63, 3.8) is 0 Å². The quantitative estimate of drug-likeness (QED) is 0.708. The normalized spacial score (nSPS) is 25.5. The lowest BCUT2D eigenvalue weighted by Gasteiger charge is -2.49. The van der Waals surface area contributed by atoms with Crippen molar-refractivity contribution in [1.82, 2.24) is 0 Å². The maximum atomic E-state index is 6.35. The molecule has 20 heavy (non-hydrogen) atoms. The van der Waals surface area contributed by atoms with Crippen LogP contribution in [0.15, 0.2) is 0 Å². The van der Waals surface area contributed by atoms with E-state index in [9.17, 15) is 0 Å². The highest BCUT2D eigenvalue weighted by Gasteiger charge is 2.62. The van der Waals surface area contributed by atoms with E-state index in [1.807, 2.05) is 26.2 Å². The van der Waals surface area contributed by atoms with Gasteiger partial charge in [0.25, 0.3) is 0 Å². The van der Waals surface area contributed by atoms with Crippen molar-refractivity contribution in [1.29, 1.82) is 0 Å². The van der Waals surface area contributed by atoms with E-state index in [4.69, 9.17) is 20.6 Å². The minimum atomic E-state index is -3.10. The maximum absolute atomic E-state index is 6.35. The monoisotopic (exact) mass is 370 g/mol. The molecule has 0 N–H and O–H groups in total. The lowest BCUT2D eigenvalue weighted by Crippen LogP contribution is -2.72. The van der Waals surface area contributed by atoms with E-state index >= 15 is 0 Å². The van der Waals surface area contributed by atoms with Crippen LogP contribution in [0.2, 0.25) is 65.5 Å². The summed E-state index contributed by atoms with van der Waals surface area (Å²) in [5.41, 5.74) is 0. The molecule has 0 aliphatic carbocycles. The molecular formula is C10H30O5Si5. The van der Waals surface area contributed by atoms with Crippen LogP contribution in [0.5, 0.6) is 0 Å². The van der Waals surface area contributed by atoms with Crippen molar-refractivity contribution >= 4 is 42.8 Å². The van der Waals surface area contributed by atoms with Crippen LogP contribution in [0.3, 0.4) is 0 Å². The summed E-state index contributed by atoms with van der Waals surface area (Å²) in [6.07, 6.45) is 0. The standard InChI is InChI=1S/C10H30O5Si5/c1-16(2,3)11-20(12-17(4,5)6)14-18(7,8)13-19(9,10)15-20/h1-10H3. The van der Waals surface area contributed by atoms with Gasteiger partial charge in [0.05, 0.1) is 0 Å². The van der Waals surface area contributed by atoms with Gasteiger partial charge in [0, 0.05) is 0 Å². The minimum absolute atomic E-state index is 1.84. The smallest absolute Gasteiger partial charge is 0.416 e. The Bertz CT molecular complexity index is 319. The van der Waals surface area contributed by atoms with E-state index < -0.39 is 42.8 Å². The second-order valence-electron chi connectivity index (χ2n) is 8.03. The first-order chi connectivity index (χ1) is 8.54. The summed E-state index contributed by atoms with van der Waals surface area (Å²) in [6.45, 7) is 21.0. The van der Waals surface area contributed by atoms with Crippen LogP contribution in [-0.2, 0) is 20.6 Å². The predicted octanol–water partition coefficient (Wildman–Crippen LogP) is 3.59. The Morgan fingerprint density at radius 1 is 0.600 bits per heavy atom. The molecule has 0 aromatic heterocycles. The Balaban J connectivity index is 3.15. The van der Waals surface area contributed by atoms with Crippen LogP contribution >= 0.6 is 0 Å². The van der Waals surface area contributed by atoms with Crippen molar-refractivity contribution in [2.24, 2.45) is 0 Å². The van der Waals surface area contributed by atoms with E-state index in [-0.39, 0.29) is 0 Å². The zero-order valence-electron chi connectivity index (χ0n) is 14.5. The summed E-state index contributed by atoms with van der Waals surface area (Å²) in [4.78, 5) is 0. The van der Waals surface area contributed by atoms with Gasteiger partial charge in [0.1, 0.15) is 0 Å². The average Bonchev–Trinajstić information content (AvgIpc) is 1.83. The van der Waals surface area contributed by atoms with Gasteiger partial charge in [-0.1, -0.05) is 0 Å². The van der Waals surface area contributed by atoms with Crippen LogP contribution in [-0.4, -0.2) is 42.8 Å². The molecule has 0 saturated carbocycles. The first-order valence-corrected chi connectivity index (χ1v) is 21.1. The molecule has 0 amide bonds. The molecular weight excluding hydrogens is 341 g/mol. The van der Waals surface area contributed by atoms with Crippen molar-refractivity contribution in [3.8, 4) is 0 Å². The van der Waals surface area contributed by atoms with E-state index in [2.05, 4.69) is 39.3 Å². The van der Waals surface area contributed by atoms with Crippen LogP contribution in [0, 0.1) is 0 Å². The lowest BCUT2D eigenvalue weighted by atomic mass is 11.8. The molecule has 0 radical (unpaired) electrons. The molecule has 120 valence electrons. The van der Waals surface area contributed by atoms with Crippen molar-refractivity contribution in [2.45, 2.75) is 65.5 Å². The first-order valence-electron chi connectivity index (χ1n) is 7.04. The highest BCUT2D eigenvalue weighted by atomic mass is 28.6. The lowest BCUT2D eigenvalue weighted by molar-refractivity contribution is 0.0929. The summed E-state index contributed by atoms with van der Waals surface area (Å²) < 4.78 is 31.3. The third-order valence-electron chi connectivity index (χ3n) is 2.10. The van der Waals surface area contributed by atoms with Gasteiger partial charge >= 0.3 is 26.2 Å². The molecule has 10 heteroatoms. The zero-order valence-corrected chi connectivity index (χ0v) is 19.5. The molecule has 0 aromatic rings. The van der Waals surface area contributed by atoms with Crippen molar-refractivity contribution < 1.29 is 20.6 Å². The van der Waals surface area contributed by atoms with Crippen LogP contribution in [0.4, 0.5) is 0 Å². The summed E-state index contributed by atoms with van der Waals surface area (Å²) >= 11 is 0. The Morgan fingerprint density at radius 3 is 1.15 bits per heavy atom. The summed E-state index contributed by atoms with van der Waals surface area (Å²) in [6, 6.07) is 0. The Kier molecular flexibility index (Phi) is 5.21. The van der Waals surface area contributed by atoms with Crippen LogP contribution in [0.1, 0.15) is 0 Å². The third kappa shape index (κ3) is 6.33. The summed E-state index contributed by atoms with van der Waals surface area (Å²) in [7, 11) is -11.3. The Morgan fingerprint density at radius 2 is 0.900 bits per heavy atom.